The quantitative estimate of drug-likeness (QED) is 0.896. The van der Waals surface area contributed by atoms with E-state index in [1.807, 2.05) is 6.08 Å². The fourth-order valence-corrected chi connectivity index (χ4v) is 2.21. The Morgan fingerprint density at radius 1 is 1.23 bits per heavy atom. The van der Waals surface area contributed by atoms with Crippen LogP contribution in [0.4, 0.5) is 0 Å². The van der Waals surface area contributed by atoms with Crippen molar-refractivity contribution >= 4 is 30.5 Å². The molecule has 0 spiro atoms. The van der Waals surface area contributed by atoms with E-state index < -0.39 is 11.4 Å². The highest BCUT2D eigenvalue weighted by Gasteiger charge is 2.38. The van der Waals surface area contributed by atoms with E-state index in [1.54, 1.807) is 30.3 Å². The first-order chi connectivity index (χ1) is 10.1. The molecule has 2 aromatic rings. The minimum absolute atomic E-state index is 0. The molecule has 1 aliphatic carbocycles. The molecule has 1 fully saturated rings. The third-order valence-corrected chi connectivity index (χ3v) is 3.75. The second-order valence-corrected chi connectivity index (χ2v) is 5.29. The Kier molecular flexibility index (Phi) is 4.63. The van der Waals surface area contributed by atoms with Crippen molar-refractivity contribution in [3.63, 3.8) is 0 Å². The number of carbonyl (C=O) groups is 1. The Balaban J connectivity index is 0.00000176. The zero-order valence-electron chi connectivity index (χ0n) is 11.9. The second-order valence-electron chi connectivity index (χ2n) is 5.29. The number of nitrogens with zero attached hydrogens (tertiary/aromatic N) is 2. The summed E-state index contributed by atoms with van der Waals surface area (Å²) in [5, 5.41) is 3.94. The van der Waals surface area contributed by atoms with E-state index in [4.69, 9.17) is 16.0 Å². The normalized spacial score (nSPS) is 16.0. The Bertz CT molecular complexity index is 690. The van der Waals surface area contributed by atoms with Crippen molar-refractivity contribution < 1.29 is 9.32 Å². The number of aromatic nitrogens is 2. The van der Waals surface area contributed by atoms with E-state index in [1.165, 1.54) is 0 Å². The molecule has 3 rings (SSSR count). The molecule has 1 amide bonds. The molecule has 22 heavy (non-hydrogen) atoms. The van der Waals surface area contributed by atoms with E-state index in [-0.39, 0.29) is 12.4 Å². The molecule has 0 atom stereocenters. The number of amides is 1. The zero-order valence-corrected chi connectivity index (χ0v) is 12.7. The van der Waals surface area contributed by atoms with Crippen molar-refractivity contribution in [1.82, 2.24) is 10.1 Å². The third kappa shape index (κ3) is 3.18. The first kappa shape index (κ1) is 16.2. The van der Waals surface area contributed by atoms with Crippen LogP contribution in [0.3, 0.4) is 0 Å². The average molecular weight is 321 g/mol. The van der Waals surface area contributed by atoms with Gasteiger partial charge in [-0.1, -0.05) is 17.3 Å². The summed E-state index contributed by atoms with van der Waals surface area (Å²) in [7, 11) is 0. The molecular formula is C15H17ClN4O2. The van der Waals surface area contributed by atoms with Crippen molar-refractivity contribution in [2.75, 3.05) is 0 Å². The van der Waals surface area contributed by atoms with Crippen molar-refractivity contribution in [3.8, 4) is 0 Å². The number of rotatable bonds is 4. The van der Waals surface area contributed by atoms with Gasteiger partial charge in [0.25, 0.3) is 5.89 Å². The van der Waals surface area contributed by atoms with Gasteiger partial charge in [0.2, 0.25) is 5.91 Å². The number of carbonyl (C=O) groups excluding carboxylic acids is 1. The van der Waals surface area contributed by atoms with Crippen LogP contribution in [0.5, 0.6) is 0 Å². The molecule has 1 saturated carbocycles. The summed E-state index contributed by atoms with van der Waals surface area (Å²) in [6.07, 6.45) is 6.43. The lowest BCUT2D eigenvalue weighted by atomic mass is 9.77. The number of hydrogen-bond acceptors (Lipinski definition) is 5. The highest BCUT2D eigenvalue weighted by molar-refractivity contribution is 5.93. The van der Waals surface area contributed by atoms with Gasteiger partial charge in [0.15, 0.2) is 5.82 Å². The topological polar surface area (TPSA) is 108 Å². The number of halogens is 1. The molecule has 1 aromatic heterocycles. The Morgan fingerprint density at radius 2 is 1.91 bits per heavy atom. The van der Waals surface area contributed by atoms with Gasteiger partial charge in [-0.25, -0.2) is 0 Å². The van der Waals surface area contributed by atoms with Crippen LogP contribution in [0.1, 0.15) is 46.9 Å². The summed E-state index contributed by atoms with van der Waals surface area (Å²) in [6, 6.07) is 6.93. The third-order valence-electron chi connectivity index (χ3n) is 3.75. The minimum Gasteiger partial charge on any atom is -0.366 e. The maximum absolute atomic E-state index is 11.0. The van der Waals surface area contributed by atoms with Crippen LogP contribution < -0.4 is 11.5 Å². The second kappa shape index (κ2) is 6.29. The summed E-state index contributed by atoms with van der Waals surface area (Å²) >= 11 is 0. The summed E-state index contributed by atoms with van der Waals surface area (Å²) in [5.74, 6) is 0.541. The van der Waals surface area contributed by atoms with Gasteiger partial charge in [0.05, 0.1) is 5.54 Å². The molecule has 0 unspecified atom stereocenters. The number of hydrogen-bond donors (Lipinski definition) is 2. The monoisotopic (exact) mass is 320 g/mol. The lowest BCUT2D eigenvalue weighted by molar-refractivity contribution is 0.100. The van der Waals surface area contributed by atoms with Gasteiger partial charge in [0.1, 0.15) is 0 Å². The number of benzene rings is 1. The van der Waals surface area contributed by atoms with Crippen LogP contribution >= 0.6 is 12.4 Å². The van der Waals surface area contributed by atoms with Crippen molar-refractivity contribution in [1.29, 1.82) is 0 Å². The standard InChI is InChI=1S/C15H16N4O2.ClH/c16-13(20)11-5-2-10(3-6-11)4-7-12-18-14(19-21-12)15(17)8-1-9-15;/h2-7H,1,8-9,17H2,(H2,16,20);1H/b7-4+;. The van der Waals surface area contributed by atoms with Crippen LogP contribution in [0, 0.1) is 0 Å². The molecule has 4 N–H and O–H groups in total. The molecule has 6 nitrogen and oxygen atoms in total. The lowest BCUT2D eigenvalue weighted by Gasteiger charge is -2.34. The van der Waals surface area contributed by atoms with Gasteiger partial charge in [-0.3, -0.25) is 4.79 Å². The summed E-state index contributed by atoms with van der Waals surface area (Å²) in [4.78, 5) is 15.3. The highest BCUT2D eigenvalue weighted by Crippen LogP contribution is 2.36. The Morgan fingerprint density at radius 3 is 2.45 bits per heavy atom. The number of primary amides is 1. The first-order valence-corrected chi connectivity index (χ1v) is 6.78. The molecule has 0 aliphatic heterocycles. The smallest absolute Gasteiger partial charge is 0.250 e. The van der Waals surface area contributed by atoms with Crippen LogP contribution in [0.15, 0.2) is 28.8 Å². The fraction of sp³-hybridized carbons (Fsp3) is 0.267. The maximum atomic E-state index is 11.0. The molecule has 0 radical (unpaired) electrons. The number of nitrogens with two attached hydrogens (primary N) is 2. The largest absolute Gasteiger partial charge is 0.366 e. The molecule has 116 valence electrons. The lowest BCUT2D eigenvalue weighted by Crippen LogP contribution is -2.44. The zero-order chi connectivity index (χ0) is 14.9. The molecule has 1 aliphatic rings. The molecule has 1 heterocycles. The molecule has 0 saturated heterocycles. The van der Waals surface area contributed by atoms with Gasteiger partial charge in [-0.05, 0) is 43.0 Å². The van der Waals surface area contributed by atoms with Gasteiger partial charge in [-0.2, -0.15) is 4.98 Å². The van der Waals surface area contributed by atoms with Crippen molar-refractivity contribution in [2.24, 2.45) is 11.5 Å². The van der Waals surface area contributed by atoms with Gasteiger partial charge in [-0.15, -0.1) is 12.4 Å². The predicted molar refractivity (Wildman–Crippen MR) is 85.2 cm³/mol. The minimum atomic E-state index is -0.444. The van der Waals surface area contributed by atoms with E-state index in [0.29, 0.717) is 17.3 Å². The van der Waals surface area contributed by atoms with Crippen molar-refractivity contribution in [2.45, 2.75) is 24.8 Å². The van der Waals surface area contributed by atoms with E-state index >= 15 is 0 Å². The van der Waals surface area contributed by atoms with Crippen LogP contribution in [-0.4, -0.2) is 16.0 Å². The average Bonchev–Trinajstić information content (AvgIpc) is 2.92. The SMILES string of the molecule is Cl.NC(=O)c1ccc(/C=C/c2nc(C3(N)CCC3)no2)cc1. The molecular weight excluding hydrogens is 304 g/mol. The van der Waals surface area contributed by atoms with E-state index in [2.05, 4.69) is 10.1 Å². The Hall–Kier alpha value is -2.18. The van der Waals surface area contributed by atoms with Gasteiger partial charge in [0, 0.05) is 11.6 Å². The molecule has 1 aromatic carbocycles. The summed E-state index contributed by atoms with van der Waals surface area (Å²) in [5.41, 5.74) is 12.3. The van der Waals surface area contributed by atoms with E-state index in [0.717, 1.165) is 24.8 Å². The van der Waals surface area contributed by atoms with Crippen LogP contribution in [0.25, 0.3) is 12.2 Å². The maximum Gasteiger partial charge on any atom is 0.250 e. The molecule has 7 heteroatoms. The summed E-state index contributed by atoms with van der Waals surface area (Å²) < 4.78 is 5.17. The van der Waals surface area contributed by atoms with E-state index in [9.17, 15) is 4.79 Å². The predicted octanol–water partition coefficient (Wildman–Crippen LogP) is 2.10. The van der Waals surface area contributed by atoms with Crippen molar-refractivity contribution in [3.05, 3.63) is 47.1 Å². The first-order valence-electron chi connectivity index (χ1n) is 6.78. The van der Waals surface area contributed by atoms with Gasteiger partial charge >= 0.3 is 0 Å². The van der Waals surface area contributed by atoms with Crippen LogP contribution in [0.2, 0.25) is 0 Å². The Labute approximate surface area is 134 Å². The molecule has 0 bridgehead atoms. The van der Waals surface area contributed by atoms with Crippen LogP contribution in [-0.2, 0) is 5.54 Å². The highest BCUT2D eigenvalue weighted by atomic mass is 35.5. The fourth-order valence-electron chi connectivity index (χ4n) is 2.21. The summed E-state index contributed by atoms with van der Waals surface area (Å²) in [6.45, 7) is 0. The van der Waals surface area contributed by atoms with Gasteiger partial charge < -0.3 is 16.0 Å².